The lowest BCUT2D eigenvalue weighted by Gasteiger charge is -2.34. The maximum Gasteiger partial charge on any atom is 0.348 e. The number of carbonyl (C=O) groups is 1. The second kappa shape index (κ2) is 10.4. The number of nitrogens with one attached hydrogen (secondary N) is 1. The zero-order chi connectivity index (χ0) is 25.2. The molecule has 1 aliphatic rings. The topological polar surface area (TPSA) is 125 Å². The Morgan fingerprint density at radius 3 is 2.75 bits per heavy atom. The Morgan fingerprint density at radius 2 is 2.00 bits per heavy atom. The standard InChI is InChI=1S/C27H31N5O3S/c1-2-5-17-14-22(31-26-23(17)24(28)25(36-26)27(34)35)32-12-10-18(11-13-32)29-15-21(33)20-9-8-16-6-3-4-7-19(16)30-20/h3-4,6-9,14,18,21,29,33H,2,5,10-13,15,28H2,1H3,(H,34,35). The minimum atomic E-state index is -1.01. The molecule has 1 atom stereocenters. The van der Waals surface area contributed by atoms with Gasteiger partial charge in [-0.05, 0) is 43.0 Å². The van der Waals surface area contributed by atoms with Gasteiger partial charge in [-0.2, -0.15) is 0 Å². The van der Waals surface area contributed by atoms with Crippen molar-refractivity contribution >= 4 is 49.9 Å². The van der Waals surface area contributed by atoms with E-state index >= 15 is 0 Å². The monoisotopic (exact) mass is 505 g/mol. The van der Waals surface area contributed by atoms with E-state index in [0.717, 1.165) is 77.8 Å². The number of pyridine rings is 2. The summed E-state index contributed by atoms with van der Waals surface area (Å²) in [5.74, 6) is -0.129. The number of hydrogen-bond acceptors (Lipinski definition) is 8. The van der Waals surface area contributed by atoms with Crippen molar-refractivity contribution in [3.63, 3.8) is 0 Å². The maximum absolute atomic E-state index is 11.6. The minimum absolute atomic E-state index is 0.161. The van der Waals surface area contributed by atoms with Gasteiger partial charge in [-0.15, -0.1) is 11.3 Å². The number of nitrogens with zero attached hydrogens (tertiary/aromatic N) is 3. The van der Waals surface area contributed by atoms with Crippen LogP contribution < -0.4 is 16.0 Å². The number of carboxylic acid groups (broad SMARTS) is 1. The first kappa shape index (κ1) is 24.4. The number of nitrogen functional groups attached to an aromatic ring is 1. The molecule has 1 fully saturated rings. The SMILES string of the molecule is CCCc1cc(N2CCC(NCC(O)c3ccc4ccccc4n3)CC2)nc2sc(C(=O)O)c(N)c12. The Balaban J connectivity index is 1.23. The number of hydrogen-bond donors (Lipinski definition) is 4. The highest BCUT2D eigenvalue weighted by Gasteiger charge is 2.24. The van der Waals surface area contributed by atoms with Gasteiger partial charge in [-0.3, -0.25) is 4.98 Å². The van der Waals surface area contributed by atoms with E-state index in [1.54, 1.807) is 0 Å². The van der Waals surface area contributed by atoms with Crippen LogP contribution in [-0.2, 0) is 6.42 Å². The summed E-state index contributed by atoms with van der Waals surface area (Å²) in [6.07, 6.45) is 2.95. The maximum atomic E-state index is 11.6. The van der Waals surface area contributed by atoms with Gasteiger partial charge < -0.3 is 26.2 Å². The minimum Gasteiger partial charge on any atom is -0.477 e. The van der Waals surface area contributed by atoms with E-state index in [0.29, 0.717) is 28.8 Å². The van der Waals surface area contributed by atoms with Gasteiger partial charge in [0.15, 0.2) is 0 Å². The van der Waals surface area contributed by atoms with Crippen LogP contribution in [0, 0.1) is 0 Å². The van der Waals surface area contributed by atoms with Crippen molar-refractivity contribution in [1.82, 2.24) is 15.3 Å². The third-order valence-electron chi connectivity index (χ3n) is 6.86. The fourth-order valence-electron chi connectivity index (χ4n) is 4.94. The fourth-order valence-corrected chi connectivity index (χ4v) is 5.91. The van der Waals surface area contributed by atoms with Crippen LogP contribution >= 0.6 is 11.3 Å². The number of aliphatic hydroxyl groups excluding tert-OH is 1. The van der Waals surface area contributed by atoms with Gasteiger partial charge in [0.05, 0.1) is 16.9 Å². The average Bonchev–Trinajstić information content (AvgIpc) is 3.24. The molecule has 1 aromatic carbocycles. The van der Waals surface area contributed by atoms with Crippen molar-refractivity contribution in [2.24, 2.45) is 0 Å². The number of anilines is 2. The van der Waals surface area contributed by atoms with Crippen LogP contribution in [0.2, 0.25) is 0 Å². The third-order valence-corrected chi connectivity index (χ3v) is 7.95. The summed E-state index contributed by atoms with van der Waals surface area (Å²) in [6, 6.07) is 14.2. The average molecular weight is 506 g/mol. The van der Waals surface area contributed by atoms with Crippen LogP contribution in [0.15, 0.2) is 42.5 Å². The molecule has 9 heteroatoms. The summed E-state index contributed by atoms with van der Waals surface area (Å²) in [5, 5.41) is 25.6. The zero-order valence-electron chi connectivity index (χ0n) is 20.3. The van der Waals surface area contributed by atoms with E-state index in [4.69, 9.17) is 10.7 Å². The Hall–Kier alpha value is -3.27. The van der Waals surface area contributed by atoms with E-state index in [9.17, 15) is 15.0 Å². The molecule has 8 nitrogen and oxygen atoms in total. The number of piperidine rings is 1. The van der Waals surface area contributed by atoms with Gasteiger partial charge in [0.25, 0.3) is 0 Å². The molecule has 5 rings (SSSR count). The van der Waals surface area contributed by atoms with E-state index in [-0.39, 0.29) is 4.88 Å². The zero-order valence-corrected chi connectivity index (χ0v) is 21.1. The number of aliphatic hydroxyl groups is 1. The molecular formula is C27H31N5O3S. The normalized spacial score (nSPS) is 15.6. The molecular weight excluding hydrogens is 474 g/mol. The number of nitrogens with two attached hydrogens (primary N) is 1. The van der Waals surface area contributed by atoms with Gasteiger partial charge in [0.1, 0.15) is 21.6 Å². The van der Waals surface area contributed by atoms with Gasteiger partial charge in [0, 0.05) is 36.4 Å². The number of carboxylic acids is 1. The van der Waals surface area contributed by atoms with Crippen molar-refractivity contribution in [3.05, 3.63) is 58.6 Å². The number of para-hydroxylation sites is 1. The molecule has 0 bridgehead atoms. The van der Waals surface area contributed by atoms with Crippen LogP contribution in [0.5, 0.6) is 0 Å². The quantitative estimate of drug-likeness (QED) is 0.278. The van der Waals surface area contributed by atoms with Gasteiger partial charge in [-0.1, -0.05) is 37.6 Å². The Kier molecular flexibility index (Phi) is 7.04. The summed E-state index contributed by atoms with van der Waals surface area (Å²) in [5.41, 5.74) is 9.14. The van der Waals surface area contributed by atoms with Crippen molar-refractivity contribution in [1.29, 1.82) is 0 Å². The Labute approximate surface area is 213 Å². The van der Waals surface area contributed by atoms with E-state index in [2.05, 4.69) is 28.2 Å². The summed E-state index contributed by atoms with van der Waals surface area (Å²) in [4.78, 5) is 24.1. The van der Waals surface area contributed by atoms with Crippen molar-refractivity contribution in [2.45, 2.75) is 44.8 Å². The Bertz CT molecular complexity index is 1400. The van der Waals surface area contributed by atoms with E-state index in [1.165, 1.54) is 0 Å². The first-order chi connectivity index (χ1) is 17.4. The first-order valence-corrected chi connectivity index (χ1v) is 13.2. The number of thiophene rings is 1. The highest BCUT2D eigenvalue weighted by molar-refractivity contribution is 7.21. The van der Waals surface area contributed by atoms with Crippen LogP contribution in [0.25, 0.3) is 21.1 Å². The van der Waals surface area contributed by atoms with E-state index < -0.39 is 12.1 Å². The number of aryl methyl sites for hydroxylation is 1. The predicted octanol–water partition coefficient (Wildman–Crippen LogP) is 4.37. The van der Waals surface area contributed by atoms with Crippen LogP contribution in [-0.4, -0.2) is 51.8 Å². The second-order valence-corrected chi connectivity index (χ2v) is 10.3. The first-order valence-electron chi connectivity index (χ1n) is 12.4. The molecule has 3 aromatic heterocycles. The number of aromatic nitrogens is 2. The van der Waals surface area contributed by atoms with Crippen LogP contribution in [0.1, 0.15) is 53.2 Å². The molecule has 0 aliphatic carbocycles. The number of aromatic carboxylic acids is 1. The second-order valence-electron chi connectivity index (χ2n) is 9.33. The molecule has 1 aliphatic heterocycles. The van der Waals surface area contributed by atoms with E-state index in [1.807, 2.05) is 36.4 Å². The Morgan fingerprint density at radius 1 is 1.22 bits per heavy atom. The highest BCUT2D eigenvalue weighted by atomic mass is 32.1. The van der Waals surface area contributed by atoms with Crippen LogP contribution in [0.4, 0.5) is 11.5 Å². The number of fused-ring (bicyclic) bond motifs is 2. The molecule has 5 N–H and O–H groups in total. The molecule has 0 saturated carbocycles. The molecule has 36 heavy (non-hydrogen) atoms. The molecule has 1 saturated heterocycles. The number of benzene rings is 1. The lowest BCUT2D eigenvalue weighted by molar-refractivity contribution is 0.0703. The lowest BCUT2D eigenvalue weighted by Crippen LogP contribution is -2.44. The summed E-state index contributed by atoms with van der Waals surface area (Å²) in [7, 11) is 0. The fraction of sp³-hybridized carbons (Fsp3) is 0.370. The van der Waals surface area contributed by atoms with Crippen molar-refractivity contribution < 1.29 is 15.0 Å². The molecule has 0 spiro atoms. The highest BCUT2D eigenvalue weighted by Crippen LogP contribution is 2.37. The molecule has 4 aromatic rings. The third kappa shape index (κ3) is 4.86. The molecule has 0 radical (unpaired) electrons. The van der Waals surface area contributed by atoms with Gasteiger partial charge >= 0.3 is 5.97 Å². The predicted molar refractivity (Wildman–Crippen MR) is 145 cm³/mol. The summed E-state index contributed by atoms with van der Waals surface area (Å²) < 4.78 is 0. The summed E-state index contributed by atoms with van der Waals surface area (Å²) in [6.45, 7) is 4.22. The van der Waals surface area contributed by atoms with Crippen molar-refractivity contribution in [2.75, 3.05) is 30.3 Å². The summed E-state index contributed by atoms with van der Waals surface area (Å²) >= 11 is 1.15. The lowest BCUT2D eigenvalue weighted by atomic mass is 10.0. The molecule has 0 amide bonds. The molecule has 188 valence electrons. The largest absolute Gasteiger partial charge is 0.477 e. The van der Waals surface area contributed by atoms with Crippen molar-refractivity contribution in [3.8, 4) is 0 Å². The number of rotatable bonds is 8. The van der Waals surface area contributed by atoms with Gasteiger partial charge in [-0.25, -0.2) is 9.78 Å². The molecule has 4 heterocycles. The smallest absolute Gasteiger partial charge is 0.348 e. The van der Waals surface area contributed by atoms with Crippen LogP contribution in [0.3, 0.4) is 0 Å². The molecule has 1 unspecified atom stereocenters. The van der Waals surface area contributed by atoms with Gasteiger partial charge in [0.2, 0.25) is 0 Å².